The van der Waals surface area contributed by atoms with Crippen molar-refractivity contribution in [1.82, 2.24) is 20.5 Å². The second kappa shape index (κ2) is 13.8. The highest BCUT2D eigenvalue weighted by atomic mass is 35.5. The molecule has 214 valence electrons. The van der Waals surface area contributed by atoms with E-state index in [9.17, 15) is 23.9 Å². The maximum atomic E-state index is 14.2. The van der Waals surface area contributed by atoms with Crippen LogP contribution < -0.4 is 15.9 Å². The largest absolute Gasteiger partial charge is 0.479 e. The average Bonchev–Trinajstić information content (AvgIpc) is 3.39. The molecule has 0 aliphatic heterocycles. The lowest BCUT2D eigenvalue weighted by Gasteiger charge is -2.20. The van der Waals surface area contributed by atoms with Crippen LogP contribution in [0, 0.1) is 11.7 Å². The van der Waals surface area contributed by atoms with Gasteiger partial charge in [0, 0.05) is 23.0 Å². The van der Waals surface area contributed by atoms with Crippen molar-refractivity contribution in [2.45, 2.75) is 44.9 Å². The lowest BCUT2D eigenvalue weighted by molar-refractivity contribution is -0.160. The smallest absolute Gasteiger partial charge is 0.332 e. The minimum atomic E-state index is -1.74. The summed E-state index contributed by atoms with van der Waals surface area (Å²) < 4.78 is 19.1. The van der Waals surface area contributed by atoms with Crippen molar-refractivity contribution in [2.75, 3.05) is 6.79 Å². The SMILES string of the molecule is CC(C)[C@H](N)C(=O)OCOn1cc(C(=O)N[C@H](Cc2ccc(-c3cc(Cl)ccc3F)cc2)CC(O)C(=O)O)nn1. The van der Waals surface area contributed by atoms with Crippen LogP contribution in [0.15, 0.2) is 48.7 Å². The summed E-state index contributed by atoms with van der Waals surface area (Å²) in [7, 11) is 0. The predicted octanol–water partition coefficient (Wildman–Crippen LogP) is 1.83. The molecule has 0 bridgehead atoms. The molecule has 5 N–H and O–H groups in total. The Kier molecular flexibility index (Phi) is 10.5. The summed E-state index contributed by atoms with van der Waals surface area (Å²) in [4.78, 5) is 41.8. The molecule has 0 spiro atoms. The monoisotopic (exact) mass is 577 g/mol. The van der Waals surface area contributed by atoms with Crippen LogP contribution in [0.2, 0.25) is 5.02 Å². The van der Waals surface area contributed by atoms with Gasteiger partial charge in [0.1, 0.15) is 18.1 Å². The minimum Gasteiger partial charge on any atom is -0.479 e. The molecule has 0 aliphatic rings. The van der Waals surface area contributed by atoms with Crippen molar-refractivity contribution in [3.63, 3.8) is 0 Å². The number of nitrogens with zero attached hydrogens (tertiary/aromatic N) is 3. The van der Waals surface area contributed by atoms with E-state index in [1.807, 2.05) is 0 Å². The summed E-state index contributed by atoms with van der Waals surface area (Å²) in [5.74, 6) is -3.41. The fourth-order valence-corrected chi connectivity index (χ4v) is 3.74. The number of aliphatic hydroxyl groups excluding tert-OH is 1. The van der Waals surface area contributed by atoms with Gasteiger partial charge in [-0.3, -0.25) is 9.59 Å². The van der Waals surface area contributed by atoms with Gasteiger partial charge in [-0.05, 0) is 46.9 Å². The second-order valence-electron chi connectivity index (χ2n) is 9.27. The third-order valence-corrected chi connectivity index (χ3v) is 6.12. The zero-order valence-electron chi connectivity index (χ0n) is 21.7. The summed E-state index contributed by atoms with van der Waals surface area (Å²) in [5, 5.41) is 29.4. The van der Waals surface area contributed by atoms with Crippen molar-refractivity contribution in [3.8, 4) is 11.1 Å². The number of ether oxygens (including phenoxy) is 1. The standard InChI is InChI=1S/C26H29ClFN5O7/c1-14(2)23(29)26(38)39-13-40-33-12-21(31-32-33)24(35)30-18(11-22(34)25(36)37)9-15-3-5-16(6-4-15)19-10-17(27)7-8-20(19)28/h3-8,10,12,14,18,22-23,34H,9,11,13,29H2,1-2H3,(H,30,35)(H,36,37)/t18-,22?,23+/m1/s1. The van der Waals surface area contributed by atoms with E-state index in [1.165, 1.54) is 18.2 Å². The van der Waals surface area contributed by atoms with E-state index < -0.39 is 48.6 Å². The first kappa shape index (κ1) is 30.5. The zero-order chi connectivity index (χ0) is 29.4. The van der Waals surface area contributed by atoms with Gasteiger partial charge in [-0.1, -0.05) is 54.6 Å². The number of benzene rings is 2. The van der Waals surface area contributed by atoms with E-state index >= 15 is 0 Å². The molecule has 3 rings (SSSR count). The van der Waals surface area contributed by atoms with Gasteiger partial charge < -0.3 is 30.8 Å². The summed E-state index contributed by atoms with van der Waals surface area (Å²) >= 11 is 5.98. The molecule has 3 atom stereocenters. The summed E-state index contributed by atoms with van der Waals surface area (Å²) in [5.41, 5.74) is 7.09. The van der Waals surface area contributed by atoms with Crippen LogP contribution in [0.1, 0.15) is 36.3 Å². The first-order valence-electron chi connectivity index (χ1n) is 12.2. The first-order valence-corrected chi connectivity index (χ1v) is 12.6. The fraction of sp³-hybridized carbons (Fsp3) is 0.346. The highest BCUT2D eigenvalue weighted by molar-refractivity contribution is 6.30. The zero-order valence-corrected chi connectivity index (χ0v) is 22.4. The Morgan fingerprint density at radius 3 is 2.52 bits per heavy atom. The van der Waals surface area contributed by atoms with E-state index in [1.54, 1.807) is 38.1 Å². The van der Waals surface area contributed by atoms with Gasteiger partial charge in [0.2, 0.25) is 0 Å². The minimum absolute atomic E-state index is 0.134. The van der Waals surface area contributed by atoms with Crippen LogP contribution in [0.5, 0.6) is 0 Å². The number of carboxylic acid groups (broad SMARTS) is 1. The first-order chi connectivity index (χ1) is 18.9. The molecule has 0 radical (unpaired) electrons. The second-order valence-corrected chi connectivity index (χ2v) is 9.71. The maximum Gasteiger partial charge on any atom is 0.332 e. The number of amides is 1. The van der Waals surface area contributed by atoms with Crippen LogP contribution in [0.25, 0.3) is 11.1 Å². The fourth-order valence-electron chi connectivity index (χ4n) is 3.57. The van der Waals surface area contributed by atoms with E-state index in [0.29, 0.717) is 21.7 Å². The number of nitrogens with two attached hydrogens (primary N) is 1. The molecule has 14 heteroatoms. The van der Waals surface area contributed by atoms with Gasteiger partial charge in [-0.25, -0.2) is 9.18 Å². The van der Waals surface area contributed by atoms with Crippen LogP contribution in [0.4, 0.5) is 4.39 Å². The molecule has 0 saturated heterocycles. The number of aliphatic hydroxyl groups is 1. The van der Waals surface area contributed by atoms with Gasteiger partial charge in [0.05, 0.1) is 0 Å². The molecule has 1 amide bonds. The summed E-state index contributed by atoms with van der Waals surface area (Å²) in [6.45, 7) is 3.00. The summed E-state index contributed by atoms with van der Waals surface area (Å²) in [6.07, 6.45) is -0.769. The van der Waals surface area contributed by atoms with Crippen LogP contribution >= 0.6 is 11.6 Å². The number of carbonyl (C=O) groups is 3. The molecule has 12 nitrogen and oxygen atoms in total. The van der Waals surface area contributed by atoms with Crippen LogP contribution in [-0.4, -0.2) is 68.2 Å². The average molecular weight is 578 g/mol. The number of aromatic nitrogens is 3. The molecule has 40 heavy (non-hydrogen) atoms. The topological polar surface area (TPSA) is 179 Å². The molecule has 1 unspecified atom stereocenters. The van der Waals surface area contributed by atoms with Gasteiger partial charge in [0.25, 0.3) is 12.7 Å². The normalized spacial score (nSPS) is 13.4. The summed E-state index contributed by atoms with van der Waals surface area (Å²) in [6, 6.07) is 9.28. The number of carboxylic acids is 1. The number of hydrogen-bond acceptors (Lipinski definition) is 9. The highest BCUT2D eigenvalue weighted by Gasteiger charge is 2.24. The van der Waals surface area contributed by atoms with Crippen molar-refractivity contribution in [3.05, 3.63) is 70.8 Å². The molecular formula is C26H29ClFN5O7. The third-order valence-electron chi connectivity index (χ3n) is 5.89. The van der Waals surface area contributed by atoms with E-state index in [0.717, 1.165) is 11.0 Å². The van der Waals surface area contributed by atoms with Gasteiger partial charge in [-0.15, -0.1) is 5.10 Å². The molecule has 2 aromatic carbocycles. The Morgan fingerprint density at radius 2 is 1.88 bits per heavy atom. The van der Waals surface area contributed by atoms with Gasteiger partial charge >= 0.3 is 11.9 Å². The maximum absolute atomic E-state index is 14.2. The molecule has 1 heterocycles. The van der Waals surface area contributed by atoms with E-state index in [2.05, 4.69) is 15.6 Å². The molecule has 0 aliphatic carbocycles. The number of aliphatic carboxylic acids is 1. The number of halogens is 2. The van der Waals surface area contributed by atoms with Gasteiger partial charge in [0.15, 0.2) is 11.8 Å². The van der Waals surface area contributed by atoms with E-state index in [-0.39, 0.29) is 24.5 Å². The number of hydrogen-bond donors (Lipinski definition) is 4. The van der Waals surface area contributed by atoms with E-state index in [4.69, 9.17) is 32.0 Å². The van der Waals surface area contributed by atoms with Crippen molar-refractivity contribution in [2.24, 2.45) is 11.7 Å². The van der Waals surface area contributed by atoms with Crippen molar-refractivity contribution >= 4 is 29.4 Å². The van der Waals surface area contributed by atoms with Crippen molar-refractivity contribution in [1.29, 1.82) is 0 Å². The predicted molar refractivity (Wildman–Crippen MR) is 140 cm³/mol. The Hall–Kier alpha value is -4.07. The molecule has 0 saturated carbocycles. The highest BCUT2D eigenvalue weighted by Crippen LogP contribution is 2.26. The molecule has 1 aromatic heterocycles. The number of esters is 1. The molecular weight excluding hydrogens is 549 g/mol. The number of rotatable bonds is 13. The number of carbonyl (C=O) groups excluding carboxylic acids is 2. The number of nitrogens with one attached hydrogen (secondary N) is 1. The Bertz CT molecular complexity index is 1340. The molecule has 0 fully saturated rings. The molecule has 3 aromatic rings. The lowest BCUT2D eigenvalue weighted by Crippen LogP contribution is -2.40. The quantitative estimate of drug-likeness (QED) is 0.173. The van der Waals surface area contributed by atoms with Crippen molar-refractivity contribution < 1.29 is 38.6 Å². The Morgan fingerprint density at radius 1 is 1.18 bits per heavy atom. The third kappa shape index (κ3) is 8.46. The van der Waals surface area contributed by atoms with Gasteiger partial charge in [-0.2, -0.15) is 0 Å². The van der Waals surface area contributed by atoms with Crippen LogP contribution in [-0.2, 0) is 20.7 Å². The Balaban J connectivity index is 1.65. The van der Waals surface area contributed by atoms with Crippen LogP contribution in [0.3, 0.4) is 0 Å². The lowest BCUT2D eigenvalue weighted by atomic mass is 9.97. The Labute approximate surface area is 233 Å².